The number of carbonyl (C=O) groups excluding carboxylic acids is 1. The van der Waals surface area contributed by atoms with Crippen molar-refractivity contribution in [3.05, 3.63) is 70.3 Å². The molecule has 0 bridgehead atoms. The van der Waals surface area contributed by atoms with Crippen molar-refractivity contribution in [2.45, 2.75) is 26.2 Å². The van der Waals surface area contributed by atoms with E-state index in [0.29, 0.717) is 22.1 Å². The van der Waals surface area contributed by atoms with Crippen molar-refractivity contribution >= 4 is 29.3 Å². The van der Waals surface area contributed by atoms with E-state index in [1.165, 1.54) is 5.56 Å². The molecule has 2 aromatic rings. The quantitative estimate of drug-likeness (QED) is 0.802. The van der Waals surface area contributed by atoms with Gasteiger partial charge >= 0.3 is 0 Å². The number of amides is 1. The first-order valence-electron chi connectivity index (χ1n) is 8.41. The smallest absolute Gasteiger partial charge is 0.273 e. The Morgan fingerprint density at radius 2 is 1.73 bits per heavy atom. The van der Waals surface area contributed by atoms with Gasteiger partial charge in [0.15, 0.2) is 0 Å². The fourth-order valence-corrected chi connectivity index (χ4v) is 2.68. The number of rotatable bonds is 4. The Hall–Kier alpha value is -2.59. The molecule has 1 heterocycles. The van der Waals surface area contributed by atoms with Gasteiger partial charge in [0.2, 0.25) is 0 Å². The summed E-state index contributed by atoms with van der Waals surface area (Å²) in [4.78, 5) is 12.1. The molecule has 3 rings (SSSR count). The topological polar surface area (TPSA) is 50.7 Å². The van der Waals surface area contributed by atoms with Gasteiger partial charge in [-0.15, -0.1) is 0 Å². The number of hydrogen-bond acceptors (Lipinski definition) is 3. The molecule has 134 valence electrons. The minimum absolute atomic E-state index is 0.0927. The molecule has 0 spiro atoms. The van der Waals surface area contributed by atoms with Crippen LogP contribution in [0.4, 0.5) is 0 Å². The molecule has 5 heteroatoms. The molecule has 1 N–H and O–H groups in total. The summed E-state index contributed by atoms with van der Waals surface area (Å²) >= 11 is 5.87. The maximum absolute atomic E-state index is 12.1. The van der Waals surface area contributed by atoms with Crippen LogP contribution < -0.4 is 10.2 Å². The van der Waals surface area contributed by atoms with E-state index < -0.39 is 0 Å². The summed E-state index contributed by atoms with van der Waals surface area (Å²) in [5.41, 5.74) is 5.88. The van der Waals surface area contributed by atoms with E-state index in [9.17, 15) is 4.79 Å². The molecule has 2 aromatic carbocycles. The number of nitrogens with zero attached hydrogens (tertiary/aromatic N) is 1. The molecule has 0 saturated carbocycles. The highest BCUT2D eigenvalue weighted by Crippen LogP contribution is 2.23. The van der Waals surface area contributed by atoms with E-state index in [-0.39, 0.29) is 17.9 Å². The molecule has 0 radical (unpaired) electrons. The van der Waals surface area contributed by atoms with Crippen LogP contribution in [0, 0.1) is 0 Å². The minimum atomic E-state index is -0.223. The Balaban J connectivity index is 1.74. The lowest BCUT2D eigenvalue weighted by Gasteiger charge is -2.18. The molecule has 0 atom stereocenters. The molecule has 0 saturated heterocycles. The highest BCUT2D eigenvalue weighted by Gasteiger charge is 2.23. The first-order chi connectivity index (χ1) is 12.3. The molecular weight excluding hydrogens is 348 g/mol. The van der Waals surface area contributed by atoms with Gasteiger partial charge in [0, 0.05) is 5.02 Å². The van der Waals surface area contributed by atoms with Gasteiger partial charge in [-0.25, -0.2) is 5.43 Å². The van der Waals surface area contributed by atoms with Crippen LogP contribution in [0.2, 0.25) is 5.02 Å². The summed E-state index contributed by atoms with van der Waals surface area (Å²) in [5.74, 6) is 0.449. The van der Waals surface area contributed by atoms with E-state index >= 15 is 0 Å². The van der Waals surface area contributed by atoms with Gasteiger partial charge in [-0.2, -0.15) is 5.10 Å². The van der Waals surface area contributed by atoms with E-state index in [1.807, 2.05) is 18.2 Å². The van der Waals surface area contributed by atoms with Crippen molar-refractivity contribution < 1.29 is 9.53 Å². The van der Waals surface area contributed by atoms with Crippen LogP contribution in [0.25, 0.3) is 6.08 Å². The molecule has 26 heavy (non-hydrogen) atoms. The second kappa shape index (κ2) is 7.34. The van der Waals surface area contributed by atoms with Gasteiger partial charge in [-0.3, -0.25) is 4.79 Å². The van der Waals surface area contributed by atoms with E-state index in [2.05, 4.69) is 43.4 Å². The summed E-state index contributed by atoms with van der Waals surface area (Å²) in [5, 5.41) is 4.73. The predicted molar refractivity (Wildman–Crippen MR) is 106 cm³/mol. The van der Waals surface area contributed by atoms with Crippen molar-refractivity contribution in [3.8, 4) is 5.75 Å². The zero-order valence-corrected chi connectivity index (χ0v) is 15.8. The molecule has 0 unspecified atom stereocenters. The normalized spacial score (nSPS) is 15.8. The average Bonchev–Trinajstić information content (AvgIpc) is 2.94. The zero-order valence-electron chi connectivity index (χ0n) is 15.0. The van der Waals surface area contributed by atoms with Crippen molar-refractivity contribution in [3.63, 3.8) is 0 Å². The number of ether oxygens (including phenoxy) is 1. The standard InChI is InChI=1S/C21H21ClN2O2/c1-21(2,3)15-6-4-14(5-7-15)12-18-19(23-24-20(18)25)13-26-17-10-8-16(22)9-11-17/h4-12H,13H2,1-3H3,(H,24,25)/b18-12-. The van der Waals surface area contributed by atoms with Crippen molar-refractivity contribution in [2.75, 3.05) is 6.61 Å². The number of hydrogen-bond donors (Lipinski definition) is 1. The Labute approximate surface area is 158 Å². The van der Waals surface area contributed by atoms with Gasteiger partial charge in [0.1, 0.15) is 18.1 Å². The third kappa shape index (κ3) is 4.33. The van der Waals surface area contributed by atoms with Crippen LogP contribution in [0.5, 0.6) is 5.75 Å². The Morgan fingerprint density at radius 3 is 2.35 bits per heavy atom. The molecule has 0 aliphatic carbocycles. The molecule has 0 fully saturated rings. The third-order valence-corrected chi connectivity index (χ3v) is 4.38. The highest BCUT2D eigenvalue weighted by atomic mass is 35.5. The van der Waals surface area contributed by atoms with Crippen LogP contribution in [-0.2, 0) is 10.2 Å². The van der Waals surface area contributed by atoms with Crippen molar-refractivity contribution in [1.82, 2.24) is 5.43 Å². The molecule has 4 nitrogen and oxygen atoms in total. The van der Waals surface area contributed by atoms with Gasteiger partial charge in [-0.05, 0) is 46.9 Å². The van der Waals surface area contributed by atoms with Crippen molar-refractivity contribution in [1.29, 1.82) is 0 Å². The fourth-order valence-electron chi connectivity index (χ4n) is 2.56. The number of hydrazone groups is 1. The highest BCUT2D eigenvalue weighted by molar-refractivity contribution is 6.30. The maximum atomic E-state index is 12.1. The monoisotopic (exact) mass is 368 g/mol. The van der Waals surface area contributed by atoms with Gasteiger partial charge in [-0.1, -0.05) is 56.6 Å². The molecular formula is C21H21ClN2O2. The SMILES string of the molecule is CC(C)(C)c1ccc(/C=C2\C(=O)NN=C2COc2ccc(Cl)cc2)cc1. The summed E-state index contributed by atoms with van der Waals surface area (Å²) in [6.07, 6.45) is 1.83. The predicted octanol–water partition coefficient (Wildman–Crippen LogP) is 4.59. The zero-order chi connectivity index (χ0) is 18.7. The van der Waals surface area contributed by atoms with E-state index in [0.717, 1.165) is 5.56 Å². The number of benzene rings is 2. The second-order valence-electron chi connectivity index (χ2n) is 7.17. The summed E-state index contributed by atoms with van der Waals surface area (Å²) in [7, 11) is 0. The number of halogens is 1. The third-order valence-electron chi connectivity index (χ3n) is 4.12. The summed E-state index contributed by atoms with van der Waals surface area (Å²) in [6, 6.07) is 15.3. The lowest BCUT2D eigenvalue weighted by Crippen LogP contribution is -2.16. The van der Waals surface area contributed by atoms with Crippen LogP contribution in [0.3, 0.4) is 0 Å². The van der Waals surface area contributed by atoms with Crippen LogP contribution in [-0.4, -0.2) is 18.2 Å². The largest absolute Gasteiger partial charge is 0.487 e. The summed E-state index contributed by atoms with van der Waals surface area (Å²) in [6.45, 7) is 6.71. The Kier molecular flexibility index (Phi) is 5.14. The molecule has 0 aromatic heterocycles. The first-order valence-corrected chi connectivity index (χ1v) is 8.78. The Bertz CT molecular complexity index is 860. The fraction of sp³-hybridized carbons (Fsp3) is 0.238. The first kappa shape index (κ1) is 18.2. The van der Waals surface area contributed by atoms with E-state index in [1.54, 1.807) is 24.3 Å². The molecule has 1 aliphatic rings. The lowest BCUT2D eigenvalue weighted by molar-refractivity contribution is -0.116. The minimum Gasteiger partial charge on any atom is -0.487 e. The van der Waals surface area contributed by atoms with Gasteiger partial charge in [0.25, 0.3) is 5.91 Å². The second-order valence-corrected chi connectivity index (χ2v) is 7.61. The molecule has 1 aliphatic heterocycles. The van der Waals surface area contributed by atoms with Crippen LogP contribution >= 0.6 is 11.6 Å². The number of nitrogens with one attached hydrogen (secondary N) is 1. The maximum Gasteiger partial charge on any atom is 0.273 e. The van der Waals surface area contributed by atoms with Gasteiger partial charge < -0.3 is 4.74 Å². The van der Waals surface area contributed by atoms with Gasteiger partial charge in [0.05, 0.1) is 5.57 Å². The average molecular weight is 369 g/mol. The van der Waals surface area contributed by atoms with Crippen molar-refractivity contribution in [2.24, 2.45) is 5.10 Å². The number of carbonyl (C=O) groups is 1. The lowest BCUT2D eigenvalue weighted by atomic mass is 9.86. The molecule has 1 amide bonds. The van der Waals surface area contributed by atoms with Crippen LogP contribution in [0.15, 0.2) is 59.2 Å². The Morgan fingerprint density at radius 1 is 1.08 bits per heavy atom. The summed E-state index contributed by atoms with van der Waals surface area (Å²) < 4.78 is 5.70. The van der Waals surface area contributed by atoms with E-state index in [4.69, 9.17) is 16.3 Å². The van der Waals surface area contributed by atoms with Crippen LogP contribution in [0.1, 0.15) is 31.9 Å².